The fraction of sp³-hybridized carbons (Fsp3) is 0.400. The zero-order valence-corrected chi connectivity index (χ0v) is 15.2. The van der Waals surface area contributed by atoms with Crippen LogP contribution in [0, 0.1) is 5.92 Å². The highest BCUT2D eigenvalue weighted by atomic mass is 32.2. The average Bonchev–Trinajstić information content (AvgIpc) is 2.67. The Balaban J connectivity index is 1.44. The number of benzene rings is 2. The molecule has 2 aromatic carbocycles. The molecule has 1 fully saturated rings. The van der Waals surface area contributed by atoms with Crippen molar-refractivity contribution in [3.05, 3.63) is 66.2 Å². The van der Waals surface area contributed by atoms with E-state index in [2.05, 4.69) is 0 Å². The minimum absolute atomic E-state index is 0.183. The molecule has 0 atom stereocenters. The highest BCUT2D eigenvalue weighted by Crippen LogP contribution is 2.22. The maximum Gasteiger partial charge on any atom is 0.214 e. The molecule has 0 radical (unpaired) electrons. The van der Waals surface area contributed by atoms with Crippen LogP contribution in [0.3, 0.4) is 0 Å². The zero-order valence-electron chi connectivity index (χ0n) is 14.4. The summed E-state index contributed by atoms with van der Waals surface area (Å²) in [5, 5.41) is 0. The second-order valence-corrected chi connectivity index (χ2v) is 8.61. The Morgan fingerprint density at radius 2 is 1.52 bits per heavy atom. The highest BCUT2D eigenvalue weighted by molar-refractivity contribution is 7.89. The van der Waals surface area contributed by atoms with Gasteiger partial charge in [-0.25, -0.2) is 12.7 Å². The van der Waals surface area contributed by atoms with Gasteiger partial charge in [0.25, 0.3) is 0 Å². The van der Waals surface area contributed by atoms with Gasteiger partial charge < -0.3 is 4.74 Å². The summed E-state index contributed by atoms with van der Waals surface area (Å²) in [5.41, 5.74) is 1.07. The van der Waals surface area contributed by atoms with Gasteiger partial charge in [-0.05, 0) is 42.9 Å². The van der Waals surface area contributed by atoms with E-state index in [-0.39, 0.29) is 5.75 Å². The Kier molecular flexibility index (Phi) is 6.10. The number of nitrogens with zero attached hydrogens (tertiary/aromatic N) is 1. The van der Waals surface area contributed by atoms with Gasteiger partial charge in [-0.3, -0.25) is 0 Å². The lowest BCUT2D eigenvalue weighted by atomic mass is 9.99. The smallest absolute Gasteiger partial charge is 0.214 e. The summed E-state index contributed by atoms with van der Waals surface area (Å²) >= 11 is 0. The molecular formula is C20H25NO3S. The van der Waals surface area contributed by atoms with Crippen LogP contribution >= 0.6 is 0 Å². The SMILES string of the molecule is O=S(=O)(CCc1ccccc1)N1CCC(COc2ccccc2)CC1. The van der Waals surface area contributed by atoms with Gasteiger partial charge in [-0.1, -0.05) is 48.5 Å². The van der Waals surface area contributed by atoms with Gasteiger partial charge in [0.05, 0.1) is 12.4 Å². The molecule has 0 amide bonds. The molecule has 0 bridgehead atoms. The Labute approximate surface area is 150 Å². The second-order valence-electron chi connectivity index (χ2n) is 6.52. The number of rotatable bonds is 7. The number of aryl methyl sites for hydroxylation is 1. The van der Waals surface area contributed by atoms with Gasteiger partial charge in [0.15, 0.2) is 0 Å². The van der Waals surface area contributed by atoms with Crippen LogP contribution in [0.15, 0.2) is 60.7 Å². The van der Waals surface area contributed by atoms with Gasteiger partial charge in [-0.15, -0.1) is 0 Å². The zero-order chi connectivity index (χ0) is 17.5. The normalized spacial score (nSPS) is 16.6. The molecular weight excluding hydrogens is 334 g/mol. The molecule has 0 aromatic heterocycles. The Hall–Kier alpha value is -1.85. The molecule has 3 rings (SSSR count). The maximum atomic E-state index is 12.5. The van der Waals surface area contributed by atoms with Crippen LogP contribution in [0.4, 0.5) is 0 Å². The summed E-state index contributed by atoms with van der Waals surface area (Å²) in [6.07, 6.45) is 2.29. The van der Waals surface area contributed by atoms with Crippen LogP contribution in [0.2, 0.25) is 0 Å². The monoisotopic (exact) mass is 359 g/mol. The molecule has 2 aromatic rings. The third-order valence-electron chi connectivity index (χ3n) is 4.69. The number of hydrogen-bond acceptors (Lipinski definition) is 3. The van der Waals surface area contributed by atoms with Gasteiger partial charge in [0.1, 0.15) is 5.75 Å². The molecule has 0 saturated carbocycles. The summed E-state index contributed by atoms with van der Waals surface area (Å²) < 4.78 is 32.5. The third kappa shape index (κ3) is 5.31. The lowest BCUT2D eigenvalue weighted by Crippen LogP contribution is -2.41. The van der Waals surface area contributed by atoms with E-state index in [1.165, 1.54) is 0 Å². The van der Waals surface area contributed by atoms with E-state index in [0.29, 0.717) is 32.0 Å². The first-order valence-electron chi connectivity index (χ1n) is 8.83. The molecule has 1 heterocycles. The van der Waals surface area contributed by atoms with Crippen molar-refractivity contribution >= 4 is 10.0 Å². The van der Waals surface area contributed by atoms with E-state index in [0.717, 1.165) is 24.2 Å². The van der Waals surface area contributed by atoms with Gasteiger partial charge in [0, 0.05) is 13.1 Å². The number of hydrogen-bond donors (Lipinski definition) is 0. The van der Waals surface area contributed by atoms with Crippen molar-refractivity contribution in [2.24, 2.45) is 5.92 Å². The molecule has 134 valence electrons. The van der Waals surface area contributed by atoms with E-state index in [1.807, 2.05) is 60.7 Å². The second kappa shape index (κ2) is 8.50. The van der Waals surface area contributed by atoms with Crippen LogP contribution in [0.25, 0.3) is 0 Å². The maximum absolute atomic E-state index is 12.5. The van der Waals surface area contributed by atoms with Gasteiger partial charge in [-0.2, -0.15) is 0 Å². The summed E-state index contributed by atoms with van der Waals surface area (Å²) in [6, 6.07) is 19.6. The van der Waals surface area contributed by atoms with Crippen LogP contribution < -0.4 is 4.74 Å². The summed E-state index contributed by atoms with van der Waals surface area (Å²) in [4.78, 5) is 0. The van der Waals surface area contributed by atoms with Crippen LogP contribution in [0.5, 0.6) is 5.75 Å². The Morgan fingerprint density at radius 3 is 2.16 bits per heavy atom. The predicted molar refractivity (Wildman–Crippen MR) is 100 cm³/mol. The lowest BCUT2D eigenvalue weighted by Gasteiger charge is -2.31. The highest BCUT2D eigenvalue weighted by Gasteiger charge is 2.28. The fourth-order valence-corrected chi connectivity index (χ4v) is 4.62. The van der Waals surface area contributed by atoms with Crippen molar-refractivity contribution in [1.82, 2.24) is 4.31 Å². The van der Waals surface area contributed by atoms with Crippen LogP contribution in [0.1, 0.15) is 18.4 Å². The molecule has 1 aliphatic heterocycles. The van der Waals surface area contributed by atoms with E-state index >= 15 is 0 Å². The van der Waals surface area contributed by atoms with Crippen molar-refractivity contribution in [2.75, 3.05) is 25.4 Å². The summed E-state index contributed by atoms with van der Waals surface area (Å²) in [5.74, 6) is 1.48. The fourth-order valence-electron chi connectivity index (χ4n) is 3.11. The van der Waals surface area contributed by atoms with E-state index in [4.69, 9.17) is 4.74 Å². The van der Waals surface area contributed by atoms with Crippen molar-refractivity contribution in [1.29, 1.82) is 0 Å². The molecule has 0 unspecified atom stereocenters. The molecule has 0 spiro atoms. The summed E-state index contributed by atoms with van der Waals surface area (Å²) in [7, 11) is -3.18. The molecule has 1 saturated heterocycles. The number of ether oxygens (including phenoxy) is 1. The number of para-hydroxylation sites is 1. The third-order valence-corrected chi connectivity index (χ3v) is 6.56. The first-order valence-corrected chi connectivity index (χ1v) is 10.4. The van der Waals surface area contributed by atoms with E-state index in [9.17, 15) is 8.42 Å². The standard InChI is InChI=1S/C20H25NO3S/c22-25(23,16-13-18-7-3-1-4-8-18)21-14-11-19(12-15-21)17-24-20-9-5-2-6-10-20/h1-10,19H,11-17H2. The Morgan fingerprint density at radius 1 is 0.920 bits per heavy atom. The van der Waals surface area contributed by atoms with E-state index in [1.54, 1.807) is 4.31 Å². The average molecular weight is 359 g/mol. The molecule has 1 aliphatic rings. The Bertz CT molecular complexity index is 739. The quantitative estimate of drug-likeness (QED) is 0.762. The molecule has 0 aliphatic carbocycles. The largest absolute Gasteiger partial charge is 0.493 e. The van der Waals surface area contributed by atoms with Gasteiger partial charge in [0.2, 0.25) is 10.0 Å². The summed E-state index contributed by atoms with van der Waals surface area (Å²) in [6.45, 7) is 1.85. The first kappa shape index (κ1) is 18.0. The molecule has 0 N–H and O–H groups in total. The topological polar surface area (TPSA) is 46.6 Å². The van der Waals surface area contributed by atoms with Crippen molar-refractivity contribution < 1.29 is 13.2 Å². The van der Waals surface area contributed by atoms with Crippen LogP contribution in [-0.2, 0) is 16.4 Å². The predicted octanol–water partition coefficient (Wildman–Crippen LogP) is 3.35. The minimum atomic E-state index is -3.18. The molecule has 5 heteroatoms. The molecule has 25 heavy (non-hydrogen) atoms. The minimum Gasteiger partial charge on any atom is -0.493 e. The van der Waals surface area contributed by atoms with Crippen molar-refractivity contribution in [2.45, 2.75) is 19.3 Å². The van der Waals surface area contributed by atoms with E-state index < -0.39 is 10.0 Å². The van der Waals surface area contributed by atoms with Crippen molar-refractivity contribution in [3.8, 4) is 5.75 Å². The van der Waals surface area contributed by atoms with Crippen LogP contribution in [-0.4, -0.2) is 38.2 Å². The number of sulfonamides is 1. The first-order chi connectivity index (χ1) is 12.1. The molecule has 4 nitrogen and oxygen atoms in total. The lowest BCUT2D eigenvalue weighted by molar-refractivity contribution is 0.185. The number of piperidine rings is 1. The van der Waals surface area contributed by atoms with Gasteiger partial charge >= 0.3 is 0 Å². The van der Waals surface area contributed by atoms with Crippen molar-refractivity contribution in [3.63, 3.8) is 0 Å².